The SMILES string of the molecule is CC(=O)C1[C@H](c2ccccc2)C(C(=O)O)[C@H]1c1ccccc1. The number of hydrogen-bond acceptors (Lipinski definition) is 2. The van der Waals surface area contributed by atoms with Crippen LogP contribution in [0.5, 0.6) is 0 Å². The maximum absolute atomic E-state index is 12.2. The van der Waals surface area contributed by atoms with Gasteiger partial charge in [-0.15, -0.1) is 0 Å². The molecule has 0 aromatic heterocycles. The van der Waals surface area contributed by atoms with Crippen molar-refractivity contribution in [2.75, 3.05) is 0 Å². The van der Waals surface area contributed by atoms with E-state index in [9.17, 15) is 14.7 Å². The molecule has 1 fully saturated rings. The fourth-order valence-corrected chi connectivity index (χ4v) is 3.74. The van der Waals surface area contributed by atoms with E-state index in [4.69, 9.17) is 0 Å². The van der Waals surface area contributed by atoms with E-state index in [1.807, 2.05) is 60.7 Å². The molecule has 0 spiro atoms. The minimum absolute atomic E-state index is 0.0557. The number of hydrogen-bond donors (Lipinski definition) is 1. The number of carbonyl (C=O) groups is 2. The lowest BCUT2D eigenvalue weighted by molar-refractivity contribution is -0.152. The van der Waals surface area contributed by atoms with Crippen LogP contribution in [0.25, 0.3) is 0 Å². The molecule has 0 unspecified atom stereocenters. The third-order valence-corrected chi connectivity index (χ3v) is 4.67. The van der Waals surface area contributed by atoms with Crippen molar-refractivity contribution in [1.82, 2.24) is 0 Å². The van der Waals surface area contributed by atoms with Gasteiger partial charge in [-0.25, -0.2) is 0 Å². The van der Waals surface area contributed by atoms with Crippen molar-refractivity contribution in [3.05, 3.63) is 71.8 Å². The van der Waals surface area contributed by atoms with Crippen LogP contribution in [-0.2, 0) is 9.59 Å². The van der Waals surface area contributed by atoms with Crippen LogP contribution >= 0.6 is 0 Å². The molecule has 1 aliphatic rings. The Morgan fingerprint density at radius 1 is 0.773 bits per heavy atom. The monoisotopic (exact) mass is 294 g/mol. The average molecular weight is 294 g/mol. The van der Waals surface area contributed by atoms with Gasteiger partial charge in [0, 0.05) is 17.8 Å². The van der Waals surface area contributed by atoms with Crippen molar-refractivity contribution in [2.45, 2.75) is 18.8 Å². The van der Waals surface area contributed by atoms with Gasteiger partial charge >= 0.3 is 5.97 Å². The highest BCUT2D eigenvalue weighted by Gasteiger charge is 2.56. The van der Waals surface area contributed by atoms with Gasteiger partial charge in [0.15, 0.2) is 0 Å². The molecule has 0 saturated heterocycles. The Kier molecular flexibility index (Phi) is 3.80. The fourth-order valence-electron chi connectivity index (χ4n) is 3.74. The van der Waals surface area contributed by atoms with E-state index >= 15 is 0 Å². The summed E-state index contributed by atoms with van der Waals surface area (Å²) in [7, 11) is 0. The molecule has 112 valence electrons. The number of ketones is 1. The summed E-state index contributed by atoms with van der Waals surface area (Å²) in [5, 5.41) is 9.68. The second-order valence-electron chi connectivity index (χ2n) is 5.87. The number of carbonyl (C=O) groups excluding carboxylic acids is 1. The maximum atomic E-state index is 12.2. The quantitative estimate of drug-likeness (QED) is 0.939. The normalized spacial score (nSPS) is 27.0. The zero-order chi connectivity index (χ0) is 15.7. The Hall–Kier alpha value is -2.42. The van der Waals surface area contributed by atoms with Crippen LogP contribution in [0.15, 0.2) is 60.7 Å². The number of rotatable bonds is 4. The number of Topliss-reactive ketones (excluding diaryl/α,β-unsaturated/α-hetero) is 1. The minimum atomic E-state index is -0.833. The number of benzene rings is 2. The Bertz CT molecular complexity index is 609. The van der Waals surface area contributed by atoms with Crippen LogP contribution in [0.3, 0.4) is 0 Å². The lowest BCUT2D eigenvalue weighted by Gasteiger charge is -2.49. The summed E-state index contributed by atoms with van der Waals surface area (Å²) >= 11 is 0. The summed E-state index contributed by atoms with van der Waals surface area (Å²) in [6.45, 7) is 1.56. The third-order valence-electron chi connectivity index (χ3n) is 4.67. The second kappa shape index (κ2) is 5.76. The third kappa shape index (κ3) is 2.33. The van der Waals surface area contributed by atoms with E-state index in [0.29, 0.717) is 0 Å². The van der Waals surface area contributed by atoms with E-state index < -0.39 is 11.9 Å². The number of carboxylic acid groups (broad SMARTS) is 1. The van der Waals surface area contributed by atoms with Crippen molar-refractivity contribution in [3.63, 3.8) is 0 Å². The van der Waals surface area contributed by atoms with E-state index in [1.165, 1.54) is 0 Å². The van der Waals surface area contributed by atoms with Gasteiger partial charge in [-0.3, -0.25) is 9.59 Å². The topological polar surface area (TPSA) is 54.4 Å². The van der Waals surface area contributed by atoms with E-state index in [-0.39, 0.29) is 23.5 Å². The van der Waals surface area contributed by atoms with Crippen LogP contribution in [0.2, 0.25) is 0 Å². The summed E-state index contributed by atoms with van der Waals surface area (Å²) < 4.78 is 0. The molecule has 2 aromatic rings. The Balaban J connectivity index is 2.04. The van der Waals surface area contributed by atoms with Crippen LogP contribution in [0.1, 0.15) is 29.9 Å². The van der Waals surface area contributed by atoms with Crippen molar-refractivity contribution in [2.24, 2.45) is 11.8 Å². The molecule has 0 heterocycles. The first-order valence-electron chi connectivity index (χ1n) is 7.44. The van der Waals surface area contributed by atoms with Gasteiger partial charge in [0.2, 0.25) is 0 Å². The predicted octanol–water partition coefficient (Wildman–Crippen LogP) is 3.47. The maximum Gasteiger partial charge on any atom is 0.307 e. The molecule has 3 rings (SSSR count). The molecule has 0 bridgehead atoms. The highest BCUT2D eigenvalue weighted by molar-refractivity contribution is 5.87. The predicted molar refractivity (Wildman–Crippen MR) is 83.7 cm³/mol. The van der Waals surface area contributed by atoms with Crippen molar-refractivity contribution in [3.8, 4) is 0 Å². The molecule has 2 atom stereocenters. The standard InChI is InChI=1S/C19H18O3/c1-12(20)15-16(13-8-4-2-5-9-13)18(19(21)22)17(15)14-10-6-3-7-11-14/h2-11,15-18H,1H3,(H,21,22)/t15?,16-,17-,18?/m0/s1. The van der Waals surface area contributed by atoms with Gasteiger partial charge < -0.3 is 5.11 Å². The molecular weight excluding hydrogens is 276 g/mol. The van der Waals surface area contributed by atoms with Crippen LogP contribution in [0.4, 0.5) is 0 Å². The molecule has 1 aliphatic carbocycles. The highest BCUT2D eigenvalue weighted by Crippen LogP contribution is 2.57. The molecule has 3 nitrogen and oxygen atoms in total. The highest BCUT2D eigenvalue weighted by atomic mass is 16.4. The molecule has 3 heteroatoms. The first-order valence-corrected chi connectivity index (χ1v) is 7.44. The van der Waals surface area contributed by atoms with E-state index in [0.717, 1.165) is 11.1 Å². The summed E-state index contributed by atoms with van der Waals surface area (Å²) in [5.41, 5.74) is 1.87. The lowest BCUT2D eigenvalue weighted by Crippen LogP contribution is -2.50. The zero-order valence-corrected chi connectivity index (χ0v) is 12.3. The average Bonchev–Trinajstić information content (AvgIpc) is 2.47. The smallest absolute Gasteiger partial charge is 0.307 e. The van der Waals surface area contributed by atoms with Crippen molar-refractivity contribution >= 4 is 11.8 Å². The summed E-state index contributed by atoms with van der Waals surface area (Å²) in [4.78, 5) is 24.0. The first-order chi connectivity index (χ1) is 10.6. The van der Waals surface area contributed by atoms with Gasteiger partial charge in [-0.1, -0.05) is 60.7 Å². The minimum Gasteiger partial charge on any atom is -0.481 e. The molecular formula is C19H18O3. The van der Waals surface area contributed by atoms with Crippen LogP contribution < -0.4 is 0 Å². The van der Waals surface area contributed by atoms with Crippen molar-refractivity contribution in [1.29, 1.82) is 0 Å². The molecule has 1 N–H and O–H groups in total. The molecule has 22 heavy (non-hydrogen) atoms. The molecule has 0 aliphatic heterocycles. The van der Waals surface area contributed by atoms with Gasteiger partial charge in [-0.2, -0.15) is 0 Å². The fraction of sp³-hybridized carbons (Fsp3) is 0.263. The molecule has 0 radical (unpaired) electrons. The zero-order valence-electron chi connectivity index (χ0n) is 12.3. The summed E-state index contributed by atoms with van der Waals surface area (Å²) in [6, 6.07) is 19.0. The molecule has 1 saturated carbocycles. The molecule has 2 aromatic carbocycles. The number of aliphatic carboxylic acids is 1. The first kappa shape index (κ1) is 14.5. The van der Waals surface area contributed by atoms with Gasteiger partial charge in [-0.05, 0) is 18.1 Å². The van der Waals surface area contributed by atoms with E-state index in [1.54, 1.807) is 6.92 Å². The Labute approximate surface area is 129 Å². The summed E-state index contributed by atoms with van der Waals surface area (Å²) in [6.07, 6.45) is 0. The van der Waals surface area contributed by atoms with Gasteiger partial charge in [0.25, 0.3) is 0 Å². The second-order valence-corrected chi connectivity index (χ2v) is 5.87. The summed E-state index contributed by atoms with van der Waals surface area (Å²) in [5.74, 6) is -2.10. The van der Waals surface area contributed by atoms with Crippen LogP contribution in [0, 0.1) is 11.8 Å². The Morgan fingerprint density at radius 2 is 1.18 bits per heavy atom. The molecule has 0 amide bonds. The van der Waals surface area contributed by atoms with Gasteiger partial charge in [0.05, 0.1) is 5.92 Å². The van der Waals surface area contributed by atoms with Crippen LogP contribution in [-0.4, -0.2) is 16.9 Å². The van der Waals surface area contributed by atoms with Gasteiger partial charge in [0.1, 0.15) is 5.78 Å². The Morgan fingerprint density at radius 3 is 1.50 bits per heavy atom. The van der Waals surface area contributed by atoms with Crippen molar-refractivity contribution < 1.29 is 14.7 Å². The van der Waals surface area contributed by atoms with E-state index in [2.05, 4.69) is 0 Å². The number of carboxylic acids is 1. The lowest BCUT2D eigenvalue weighted by atomic mass is 9.51. The largest absolute Gasteiger partial charge is 0.481 e.